The number of carbonyl (C=O) groups excluding carboxylic acids is 1. The van der Waals surface area contributed by atoms with Gasteiger partial charge in [0.15, 0.2) is 0 Å². The molecule has 1 rings (SSSR count). The Morgan fingerprint density at radius 2 is 2.27 bits per heavy atom. The summed E-state index contributed by atoms with van der Waals surface area (Å²) in [4.78, 5) is 10.3. The van der Waals surface area contributed by atoms with Crippen LogP contribution in [-0.2, 0) is 4.79 Å². The topological polar surface area (TPSA) is 57.5 Å². The minimum absolute atomic E-state index is 0.168. The molecular weight excluding hydrogens is 144 g/mol. The van der Waals surface area contributed by atoms with Crippen molar-refractivity contribution in [2.45, 2.75) is 25.6 Å². The van der Waals surface area contributed by atoms with E-state index in [1.807, 2.05) is 0 Å². The summed E-state index contributed by atoms with van der Waals surface area (Å²) in [6, 6.07) is 0. The van der Waals surface area contributed by atoms with E-state index in [2.05, 4.69) is 0 Å². The molecule has 0 radical (unpaired) electrons. The fraction of sp³-hybridized carbons (Fsp3) is 0.625. The van der Waals surface area contributed by atoms with Crippen LogP contribution in [0.1, 0.15) is 13.3 Å². The standard InChI is InChI=1S/C8H12O3/c1-5-7(10)2-6(4-9)3-8(5)11/h2,4-5,7-8,10-11H,3H2,1H3. The Morgan fingerprint density at radius 3 is 2.73 bits per heavy atom. The van der Waals surface area contributed by atoms with E-state index >= 15 is 0 Å². The van der Waals surface area contributed by atoms with Gasteiger partial charge in [0.2, 0.25) is 0 Å². The predicted octanol–water partition coefficient (Wildman–Crippen LogP) is -0.127. The van der Waals surface area contributed by atoms with Gasteiger partial charge in [0, 0.05) is 12.3 Å². The Kier molecular flexibility index (Phi) is 2.42. The normalized spacial score (nSPS) is 38.1. The summed E-state index contributed by atoms with van der Waals surface area (Å²) < 4.78 is 0. The van der Waals surface area contributed by atoms with Crippen molar-refractivity contribution in [2.24, 2.45) is 5.92 Å². The SMILES string of the molecule is CC1C(O)C=C(C=O)CC1O. The number of aliphatic hydroxyl groups excluding tert-OH is 2. The van der Waals surface area contributed by atoms with Crippen molar-refractivity contribution in [2.75, 3.05) is 0 Å². The van der Waals surface area contributed by atoms with E-state index in [9.17, 15) is 15.0 Å². The van der Waals surface area contributed by atoms with Crippen LogP contribution in [0.25, 0.3) is 0 Å². The summed E-state index contributed by atoms with van der Waals surface area (Å²) >= 11 is 0. The van der Waals surface area contributed by atoms with Gasteiger partial charge in [-0.2, -0.15) is 0 Å². The van der Waals surface area contributed by atoms with Crippen molar-refractivity contribution in [3.8, 4) is 0 Å². The zero-order chi connectivity index (χ0) is 8.43. The quantitative estimate of drug-likeness (QED) is 0.520. The highest BCUT2D eigenvalue weighted by Crippen LogP contribution is 2.22. The molecule has 0 bridgehead atoms. The van der Waals surface area contributed by atoms with Crippen molar-refractivity contribution >= 4 is 6.29 Å². The Balaban J connectivity index is 2.75. The average molecular weight is 156 g/mol. The molecule has 3 nitrogen and oxygen atoms in total. The number of hydrogen-bond acceptors (Lipinski definition) is 3. The highest BCUT2D eigenvalue weighted by molar-refractivity contribution is 5.73. The van der Waals surface area contributed by atoms with Crippen molar-refractivity contribution < 1.29 is 15.0 Å². The predicted molar refractivity (Wildman–Crippen MR) is 39.9 cm³/mol. The minimum Gasteiger partial charge on any atom is -0.392 e. The molecule has 11 heavy (non-hydrogen) atoms. The van der Waals surface area contributed by atoms with Crippen LogP contribution in [0.4, 0.5) is 0 Å². The van der Waals surface area contributed by atoms with Crippen LogP contribution in [0, 0.1) is 5.92 Å². The molecule has 0 heterocycles. The summed E-state index contributed by atoms with van der Waals surface area (Å²) in [5.41, 5.74) is 0.489. The van der Waals surface area contributed by atoms with Gasteiger partial charge in [-0.1, -0.05) is 6.92 Å². The molecule has 1 aliphatic carbocycles. The van der Waals surface area contributed by atoms with Crippen molar-refractivity contribution in [1.29, 1.82) is 0 Å². The third-order valence-electron chi connectivity index (χ3n) is 2.13. The van der Waals surface area contributed by atoms with Gasteiger partial charge in [-0.05, 0) is 11.6 Å². The Labute approximate surface area is 65.3 Å². The molecule has 0 spiro atoms. The maximum Gasteiger partial charge on any atom is 0.145 e. The molecule has 0 amide bonds. The van der Waals surface area contributed by atoms with Gasteiger partial charge in [-0.3, -0.25) is 4.79 Å². The number of aldehydes is 1. The highest BCUT2D eigenvalue weighted by Gasteiger charge is 2.26. The lowest BCUT2D eigenvalue weighted by Gasteiger charge is -2.26. The van der Waals surface area contributed by atoms with E-state index in [0.29, 0.717) is 18.3 Å². The van der Waals surface area contributed by atoms with Crippen LogP contribution in [-0.4, -0.2) is 28.7 Å². The first-order valence-electron chi connectivity index (χ1n) is 3.67. The van der Waals surface area contributed by atoms with Crippen molar-refractivity contribution in [3.05, 3.63) is 11.6 Å². The van der Waals surface area contributed by atoms with E-state index in [4.69, 9.17) is 0 Å². The van der Waals surface area contributed by atoms with Crippen molar-refractivity contribution in [3.63, 3.8) is 0 Å². The zero-order valence-corrected chi connectivity index (χ0v) is 6.40. The molecule has 0 aromatic rings. The van der Waals surface area contributed by atoms with E-state index in [-0.39, 0.29) is 5.92 Å². The van der Waals surface area contributed by atoms with Crippen LogP contribution >= 0.6 is 0 Å². The second-order valence-electron chi connectivity index (χ2n) is 2.98. The first-order valence-corrected chi connectivity index (χ1v) is 3.67. The van der Waals surface area contributed by atoms with Gasteiger partial charge in [0.1, 0.15) is 6.29 Å². The lowest BCUT2D eigenvalue weighted by atomic mass is 9.86. The molecule has 0 saturated carbocycles. The molecule has 1 aliphatic rings. The molecule has 0 aromatic carbocycles. The third-order valence-corrected chi connectivity index (χ3v) is 2.13. The molecular formula is C8H12O3. The van der Waals surface area contributed by atoms with Crippen LogP contribution in [0.2, 0.25) is 0 Å². The molecule has 3 atom stereocenters. The second-order valence-corrected chi connectivity index (χ2v) is 2.98. The number of aliphatic hydroxyl groups is 2. The van der Waals surface area contributed by atoms with Crippen molar-refractivity contribution in [1.82, 2.24) is 0 Å². The number of carbonyl (C=O) groups is 1. The third kappa shape index (κ3) is 1.67. The van der Waals surface area contributed by atoms with Gasteiger partial charge in [0.25, 0.3) is 0 Å². The monoisotopic (exact) mass is 156 g/mol. The van der Waals surface area contributed by atoms with Crippen LogP contribution in [0.5, 0.6) is 0 Å². The smallest absolute Gasteiger partial charge is 0.145 e. The fourth-order valence-electron chi connectivity index (χ4n) is 1.18. The first kappa shape index (κ1) is 8.43. The van der Waals surface area contributed by atoms with Gasteiger partial charge in [-0.15, -0.1) is 0 Å². The fourth-order valence-corrected chi connectivity index (χ4v) is 1.18. The molecule has 3 heteroatoms. The summed E-state index contributed by atoms with van der Waals surface area (Å²) in [7, 11) is 0. The molecule has 0 aromatic heterocycles. The van der Waals surface area contributed by atoms with Gasteiger partial charge < -0.3 is 10.2 Å². The first-order chi connectivity index (χ1) is 5.15. The second kappa shape index (κ2) is 3.15. The molecule has 0 aliphatic heterocycles. The van der Waals surface area contributed by atoms with E-state index in [1.165, 1.54) is 6.08 Å². The van der Waals surface area contributed by atoms with Crippen LogP contribution in [0.3, 0.4) is 0 Å². The average Bonchev–Trinajstić information content (AvgIpc) is 1.99. The molecule has 62 valence electrons. The Bertz CT molecular complexity index is 186. The van der Waals surface area contributed by atoms with Crippen LogP contribution in [0.15, 0.2) is 11.6 Å². The van der Waals surface area contributed by atoms with Gasteiger partial charge in [-0.25, -0.2) is 0 Å². The van der Waals surface area contributed by atoms with E-state index in [1.54, 1.807) is 6.92 Å². The summed E-state index contributed by atoms with van der Waals surface area (Å²) in [6.07, 6.45) is 1.28. The number of hydrogen-bond donors (Lipinski definition) is 2. The largest absolute Gasteiger partial charge is 0.392 e. The molecule has 2 N–H and O–H groups in total. The maximum atomic E-state index is 10.3. The lowest BCUT2D eigenvalue weighted by Crippen LogP contribution is -2.32. The highest BCUT2D eigenvalue weighted by atomic mass is 16.3. The summed E-state index contributed by atoms with van der Waals surface area (Å²) in [6.45, 7) is 1.76. The van der Waals surface area contributed by atoms with Gasteiger partial charge in [0.05, 0.1) is 12.2 Å². The Morgan fingerprint density at radius 1 is 1.64 bits per heavy atom. The Hall–Kier alpha value is -0.670. The molecule has 0 fully saturated rings. The van der Waals surface area contributed by atoms with E-state index < -0.39 is 12.2 Å². The lowest BCUT2D eigenvalue weighted by molar-refractivity contribution is -0.105. The summed E-state index contributed by atoms with van der Waals surface area (Å²) in [5, 5.41) is 18.5. The number of rotatable bonds is 1. The van der Waals surface area contributed by atoms with E-state index in [0.717, 1.165) is 0 Å². The maximum absolute atomic E-state index is 10.3. The molecule has 0 saturated heterocycles. The summed E-state index contributed by atoms with van der Waals surface area (Å²) in [5.74, 6) is -0.168. The zero-order valence-electron chi connectivity index (χ0n) is 6.40. The minimum atomic E-state index is -0.682. The van der Waals surface area contributed by atoms with Crippen LogP contribution < -0.4 is 0 Å². The van der Waals surface area contributed by atoms with Gasteiger partial charge >= 0.3 is 0 Å². The molecule has 3 unspecified atom stereocenters.